The van der Waals surface area contributed by atoms with Gasteiger partial charge >= 0.3 is 0 Å². The van der Waals surface area contributed by atoms with Gasteiger partial charge in [0.15, 0.2) is 5.78 Å². The van der Waals surface area contributed by atoms with Crippen LogP contribution < -0.4 is 4.90 Å². The minimum absolute atomic E-state index is 0.116. The molecule has 2 amide bonds. The van der Waals surface area contributed by atoms with Crippen molar-refractivity contribution in [3.63, 3.8) is 0 Å². The van der Waals surface area contributed by atoms with Gasteiger partial charge in [0.1, 0.15) is 5.78 Å². The number of aryl methyl sites for hydroxylation is 1. The lowest BCUT2D eigenvalue weighted by molar-refractivity contribution is -0.116. The van der Waals surface area contributed by atoms with Crippen LogP contribution in [0.3, 0.4) is 0 Å². The predicted octanol–water partition coefficient (Wildman–Crippen LogP) is 3.21. The van der Waals surface area contributed by atoms with Gasteiger partial charge < -0.3 is 4.79 Å². The fourth-order valence-electron chi connectivity index (χ4n) is 2.83. The van der Waals surface area contributed by atoms with Gasteiger partial charge in [-0.2, -0.15) is 0 Å². The van der Waals surface area contributed by atoms with E-state index in [-0.39, 0.29) is 17.1 Å². The molecule has 0 radical (unpaired) electrons. The summed E-state index contributed by atoms with van der Waals surface area (Å²) in [4.78, 5) is 48.9. The summed E-state index contributed by atoms with van der Waals surface area (Å²) in [6.07, 6.45) is 1.08. The van der Waals surface area contributed by atoms with Gasteiger partial charge in [0.25, 0.3) is 11.8 Å². The summed E-state index contributed by atoms with van der Waals surface area (Å²) in [5.74, 6) is -0.867. The predicted molar refractivity (Wildman–Crippen MR) is 93.0 cm³/mol. The molecule has 0 aliphatic carbocycles. The van der Waals surface area contributed by atoms with Gasteiger partial charge in [0.2, 0.25) is 0 Å². The number of anilines is 1. The van der Waals surface area contributed by atoms with E-state index >= 15 is 0 Å². The quantitative estimate of drug-likeness (QED) is 0.621. The number of rotatable bonds is 5. The summed E-state index contributed by atoms with van der Waals surface area (Å²) < 4.78 is 0. The Bertz CT molecular complexity index is 896. The number of carbonyl (C=O) groups is 4. The molecule has 2 aromatic rings. The monoisotopic (exact) mass is 335 g/mol. The molecular weight excluding hydrogens is 318 g/mol. The number of benzene rings is 2. The Morgan fingerprint density at radius 1 is 0.880 bits per heavy atom. The molecule has 0 saturated carbocycles. The van der Waals surface area contributed by atoms with Gasteiger partial charge in [-0.05, 0) is 50.1 Å². The van der Waals surface area contributed by atoms with Crippen molar-refractivity contribution in [2.24, 2.45) is 0 Å². The van der Waals surface area contributed by atoms with Crippen LogP contribution in [-0.2, 0) is 11.2 Å². The number of nitrogens with zero attached hydrogens (tertiary/aromatic N) is 1. The smallest absolute Gasteiger partial charge is 0.266 e. The van der Waals surface area contributed by atoms with Crippen LogP contribution >= 0.6 is 0 Å². The third kappa shape index (κ3) is 3.13. The van der Waals surface area contributed by atoms with Crippen molar-refractivity contribution in [1.29, 1.82) is 0 Å². The summed E-state index contributed by atoms with van der Waals surface area (Å²) in [5, 5.41) is 0. The van der Waals surface area contributed by atoms with Crippen LogP contribution in [0.25, 0.3) is 0 Å². The lowest BCUT2D eigenvalue weighted by Gasteiger charge is -2.14. The zero-order chi connectivity index (χ0) is 18.1. The molecule has 1 aliphatic rings. The van der Waals surface area contributed by atoms with E-state index in [0.29, 0.717) is 29.7 Å². The summed E-state index contributed by atoms with van der Waals surface area (Å²) >= 11 is 0. The number of amides is 2. The third-order valence-corrected chi connectivity index (χ3v) is 4.25. The van der Waals surface area contributed by atoms with Crippen LogP contribution in [0.15, 0.2) is 42.5 Å². The van der Waals surface area contributed by atoms with E-state index in [9.17, 15) is 19.2 Å². The number of Topliss-reactive ketones (excluding diaryl/α,β-unsaturated/α-hetero) is 2. The van der Waals surface area contributed by atoms with Crippen molar-refractivity contribution in [1.82, 2.24) is 0 Å². The zero-order valence-corrected chi connectivity index (χ0v) is 14.0. The maximum atomic E-state index is 12.6. The largest absolute Gasteiger partial charge is 0.300 e. The first kappa shape index (κ1) is 16.8. The molecule has 0 fully saturated rings. The number of hydrogen-bond donors (Lipinski definition) is 0. The van der Waals surface area contributed by atoms with E-state index < -0.39 is 11.8 Å². The minimum Gasteiger partial charge on any atom is -0.300 e. The highest BCUT2D eigenvalue weighted by Crippen LogP contribution is 2.29. The molecule has 0 atom stereocenters. The Hall–Kier alpha value is -3.08. The van der Waals surface area contributed by atoms with Crippen LogP contribution in [-0.4, -0.2) is 23.4 Å². The highest BCUT2D eigenvalue weighted by molar-refractivity contribution is 6.34. The topological polar surface area (TPSA) is 71.5 Å². The molecule has 1 heterocycles. The van der Waals surface area contributed by atoms with E-state index in [4.69, 9.17) is 0 Å². The molecule has 2 aromatic carbocycles. The van der Waals surface area contributed by atoms with Crippen molar-refractivity contribution in [2.45, 2.75) is 26.7 Å². The Morgan fingerprint density at radius 3 is 2.12 bits per heavy atom. The number of carbonyl (C=O) groups excluding carboxylic acids is 4. The molecule has 0 aromatic heterocycles. The van der Waals surface area contributed by atoms with E-state index in [1.165, 1.54) is 19.1 Å². The maximum Gasteiger partial charge on any atom is 0.266 e. The molecule has 0 bridgehead atoms. The molecule has 3 rings (SSSR count). The van der Waals surface area contributed by atoms with Crippen molar-refractivity contribution in [3.05, 3.63) is 64.7 Å². The van der Waals surface area contributed by atoms with Gasteiger partial charge in [-0.1, -0.05) is 18.2 Å². The zero-order valence-electron chi connectivity index (χ0n) is 14.0. The lowest BCUT2D eigenvalue weighted by Crippen LogP contribution is -2.29. The second-order valence-electron chi connectivity index (χ2n) is 6.13. The van der Waals surface area contributed by atoms with E-state index in [1.54, 1.807) is 25.1 Å². The molecular formula is C20H17NO4. The Balaban J connectivity index is 1.88. The third-order valence-electron chi connectivity index (χ3n) is 4.25. The molecule has 5 nitrogen and oxygen atoms in total. The fourth-order valence-corrected chi connectivity index (χ4v) is 2.83. The van der Waals surface area contributed by atoms with E-state index in [1.807, 2.05) is 12.1 Å². The Labute approximate surface area is 145 Å². The van der Waals surface area contributed by atoms with E-state index in [2.05, 4.69) is 0 Å². The number of ketones is 2. The Kier molecular flexibility index (Phi) is 4.31. The Morgan fingerprint density at radius 2 is 1.52 bits per heavy atom. The van der Waals surface area contributed by atoms with Crippen LogP contribution in [0, 0.1) is 0 Å². The lowest BCUT2D eigenvalue weighted by atomic mass is 10.0. The standard InChI is InChI=1S/C20H17NO4/c1-12(22)3-4-14-5-8-16(9-6-14)21-19(24)17-10-7-15(13(2)23)11-18(17)20(21)25/h5-11H,3-4H2,1-2H3. The van der Waals surface area contributed by atoms with Gasteiger partial charge in [-0.15, -0.1) is 0 Å². The summed E-state index contributed by atoms with van der Waals surface area (Å²) in [5.41, 5.74) is 2.40. The van der Waals surface area contributed by atoms with Crippen LogP contribution in [0.2, 0.25) is 0 Å². The first-order chi connectivity index (χ1) is 11.9. The molecule has 0 spiro atoms. The second-order valence-corrected chi connectivity index (χ2v) is 6.13. The normalized spacial score (nSPS) is 13.1. The highest BCUT2D eigenvalue weighted by Gasteiger charge is 2.36. The molecule has 0 saturated heterocycles. The minimum atomic E-state index is -0.431. The molecule has 0 unspecified atom stereocenters. The number of hydrogen-bond acceptors (Lipinski definition) is 4. The van der Waals surface area contributed by atoms with Gasteiger partial charge in [-0.3, -0.25) is 14.4 Å². The van der Waals surface area contributed by atoms with Crippen molar-refractivity contribution in [2.75, 3.05) is 4.90 Å². The van der Waals surface area contributed by atoms with Crippen molar-refractivity contribution in [3.8, 4) is 0 Å². The highest BCUT2D eigenvalue weighted by atomic mass is 16.2. The van der Waals surface area contributed by atoms with Crippen molar-refractivity contribution < 1.29 is 19.2 Å². The average molecular weight is 335 g/mol. The average Bonchev–Trinajstić information content (AvgIpc) is 2.84. The summed E-state index contributed by atoms with van der Waals surface area (Å²) in [7, 11) is 0. The fraction of sp³-hybridized carbons (Fsp3) is 0.200. The summed E-state index contributed by atoms with van der Waals surface area (Å²) in [6, 6.07) is 11.6. The van der Waals surface area contributed by atoms with Gasteiger partial charge in [0, 0.05) is 12.0 Å². The number of fused-ring (bicyclic) bond motifs is 1. The van der Waals surface area contributed by atoms with E-state index in [0.717, 1.165) is 10.5 Å². The SMILES string of the molecule is CC(=O)CCc1ccc(N2C(=O)c3ccc(C(C)=O)cc3C2=O)cc1. The molecule has 1 aliphatic heterocycles. The second kappa shape index (κ2) is 6.43. The summed E-state index contributed by atoms with van der Waals surface area (Å²) in [6.45, 7) is 2.96. The first-order valence-electron chi connectivity index (χ1n) is 8.00. The maximum absolute atomic E-state index is 12.6. The first-order valence-corrected chi connectivity index (χ1v) is 8.00. The van der Waals surface area contributed by atoms with Crippen LogP contribution in [0.5, 0.6) is 0 Å². The van der Waals surface area contributed by atoms with Crippen LogP contribution in [0.4, 0.5) is 5.69 Å². The number of imide groups is 1. The van der Waals surface area contributed by atoms with Gasteiger partial charge in [0.05, 0.1) is 16.8 Å². The molecule has 126 valence electrons. The molecule has 25 heavy (non-hydrogen) atoms. The van der Waals surface area contributed by atoms with Crippen molar-refractivity contribution >= 4 is 29.1 Å². The molecule has 5 heteroatoms. The molecule has 0 N–H and O–H groups in total. The van der Waals surface area contributed by atoms with Gasteiger partial charge in [-0.25, -0.2) is 4.90 Å². The van der Waals surface area contributed by atoms with Crippen LogP contribution in [0.1, 0.15) is 56.9 Å².